The molecule has 1 aliphatic heterocycles. The monoisotopic (exact) mass is 303 g/mol. The van der Waals surface area contributed by atoms with Gasteiger partial charge in [-0.2, -0.15) is 0 Å². The summed E-state index contributed by atoms with van der Waals surface area (Å²) in [6.07, 6.45) is 0.624. The van der Waals surface area contributed by atoms with Crippen molar-refractivity contribution in [1.29, 1.82) is 0 Å². The lowest BCUT2D eigenvalue weighted by Gasteiger charge is -2.36. The van der Waals surface area contributed by atoms with Crippen molar-refractivity contribution in [2.45, 2.75) is 40.2 Å². The van der Waals surface area contributed by atoms with Crippen LogP contribution in [0.15, 0.2) is 24.3 Å². The van der Waals surface area contributed by atoms with Gasteiger partial charge < -0.3 is 9.64 Å². The van der Waals surface area contributed by atoms with E-state index in [0.717, 1.165) is 13.1 Å². The summed E-state index contributed by atoms with van der Waals surface area (Å²) in [5, 5.41) is 0. The number of nitrogens with zero attached hydrogens (tertiary/aromatic N) is 1. The molecule has 1 amide bonds. The Morgan fingerprint density at radius 1 is 1.23 bits per heavy atom. The van der Waals surface area contributed by atoms with E-state index in [-0.39, 0.29) is 11.7 Å². The van der Waals surface area contributed by atoms with E-state index in [4.69, 9.17) is 4.74 Å². The van der Waals surface area contributed by atoms with E-state index in [0.29, 0.717) is 23.1 Å². The summed E-state index contributed by atoms with van der Waals surface area (Å²) in [6.45, 7) is 9.24. The summed E-state index contributed by atoms with van der Waals surface area (Å²) in [7, 11) is 0. The molecule has 1 heterocycles. The van der Waals surface area contributed by atoms with Gasteiger partial charge in [-0.1, -0.05) is 26.0 Å². The summed E-state index contributed by atoms with van der Waals surface area (Å²) >= 11 is 0. The Kier molecular flexibility index (Phi) is 5.22. The van der Waals surface area contributed by atoms with Gasteiger partial charge in [-0.05, 0) is 44.2 Å². The van der Waals surface area contributed by atoms with Crippen LogP contribution in [0.3, 0.4) is 0 Å². The van der Waals surface area contributed by atoms with Gasteiger partial charge in [0.1, 0.15) is 5.75 Å². The van der Waals surface area contributed by atoms with Crippen LogP contribution in [-0.4, -0.2) is 35.8 Å². The number of hydrogen-bond donors (Lipinski definition) is 0. The molecule has 120 valence electrons. The lowest BCUT2D eigenvalue weighted by Crippen LogP contribution is -2.47. The average molecular weight is 303 g/mol. The number of carbonyl (C=O) groups excluding carboxylic acids is 2. The van der Waals surface area contributed by atoms with Crippen LogP contribution in [0, 0.1) is 11.8 Å². The van der Waals surface area contributed by atoms with Crippen LogP contribution in [0.25, 0.3) is 0 Å². The van der Waals surface area contributed by atoms with Gasteiger partial charge in [0, 0.05) is 18.7 Å². The number of ether oxygens (including phenoxy) is 1. The fourth-order valence-corrected chi connectivity index (χ4v) is 3.14. The molecule has 3 atom stereocenters. The van der Waals surface area contributed by atoms with Crippen molar-refractivity contribution in [2.75, 3.05) is 13.1 Å². The fourth-order valence-electron chi connectivity index (χ4n) is 3.14. The van der Waals surface area contributed by atoms with Crippen molar-refractivity contribution in [2.24, 2.45) is 11.8 Å². The second-order valence-corrected chi connectivity index (χ2v) is 6.53. The van der Waals surface area contributed by atoms with Crippen LogP contribution in [0.5, 0.6) is 5.75 Å². The summed E-state index contributed by atoms with van der Waals surface area (Å²) in [5.41, 5.74) is 0.595. The van der Waals surface area contributed by atoms with Crippen molar-refractivity contribution in [3.63, 3.8) is 0 Å². The maximum absolute atomic E-state index is 12.5. The van der Waals surface area contributed by atoms with E-state index in [1.165, 1.54) is 13.3 Å². The molecule has 4 heteroatoms. The topological polar surface area (TPSA) is 46.6 Å². The van der Waals surface area contributed by atoms with Crippen LogP contribution in [-0.2, 0) is 4.79 Å². The summed E-state index contributed by atoms with van der Waals surface area (Å²) in [4.78, 5) is 25.9. The Morgan fingerprint density at radius 2 is 1.86 bits per heavy atom. The quantitative estimate of drug-likeness (QED) is 0.803. The van der Waals surface area contributed by atoms with Gasteiger partial charge in [0.05, 0.1) is 0 Å². The Labute approximate surface area is 132 Å². The number of piperidine rings is 1. The molecular formula is C18H25NO3. The zero-order chi connectivity index (χ0) is 16.3. The minimum absolute atomic E-state index is 0.0110. The molecule has 0 spiro atoms. The van der Waals surface area contributed by atoms with Crippen LogP contribution in [0.1, 0.15) is 44.5 Å². The van der Waals surface area contributed by atoms with E-state index in [2.05, 4.69) is 13.8 Å². The van der Waals surface area contributed by atoms with Crippen molar-refractivity contribution < 1.29 is 14.3 Å². The minimum atomic E-state index is -0.542. The van der Waals surface area contributed by atoms with E-state index in [9.17, 15) is 9.59 Å². The molecule has 0 aromatic heterocycles. The molecule has 0 radical (unpaired) electrons. The van der Waals surface area contributed by atoms with Crippen molar-refractivity contribution in [3.05, 3.63) is 29.8 Å². The standard InChI is InChI=1S/C18H25NO3/c1-12-8-13(2)11-19(10-12)18(21)15(4)22-17-7-5-6-16(9-17)14(3)20/h5-7,9,12-13,15H,8,10-11H2,1-4H3. The predicted molar refractivity (Wildman–Crippen MR) is 86.1 cm³/mol. The second kappa shape index (κ2) is 6.95. The first-order valence-electron chi connectivity index (χ1n) is 7.93. The number of benzene rings is 1. The van der Waals surface area contributed by atoms with Crippen LogP contribution < -0.4 is 4.74 Å². The molecular weight excluding hydrogens is 278 g/mol. The Bertz CT molecular complexity index is 545. The fraction of sp³-hybridized carbons (Fsp3) is 0.556. The number of rotatable bonds is 4. The SMILES string of the molecule is CC(=O)c1cccc(OC(C)C(=O)N2CC(C)CC(C)C2)c1. The van der Waals surface area contributed by atoms with Crippen molar-refractivity contribution >= 4 is 11.7 Å². The highest BCUT2D eigenvalue weighted by atomic mass is 16.5. The first kappa shape index (κ1) is 16.5. The molecule has 3 unspecified atom stereocenters. The molecule has 22 heavy (non-hydrogen) atoms. The first-order valence-corrected chi connectivity index (χ1v) is 7.93. The third kappa shape index (κ3) is 4.09. The van der Waals surface area contributed by atoms with Crippen molar-refractivity contribution in [1.82, 2.24) is 4.90 Å². The van der Waals surface area contributed by atoms with Crippen LogP contribution >= 0.6 is 0 Å². The van der Waals surface area contributed by atoms with Gasteiger partial charge in [-0.3, -0.25) is 9.59 Å². The molecule has 0 saturated carbocycles. The number of amides is 1. The Balaban J connectivity index is 2.02. The summed E-state index contributed by atoms with van der Waals surface area (Å²) in [5.74, 6) is 1.63. The number of carbonyl (C=O) groups is 2. The lowest BCUT2D eigenvalue weighted by molar-refractivity contribution is -0.140. The van der Waals surface area contributed by atoms with E-state index in [1.54, 1.807) is 31.2 Å². The van der Waals surface area contributed by atoms with Gasteiger partial charge in [-0.15, -0.1) is 0 Å². The molecule has 1 fully saturated rings. The number of Topliss-reactive ketones (excluding diaryl/α,β-unsaturated/α-hetero) is 1. The molecule has 1 aliphatic rings. The average Bonchev–Trinajstić information content (AvgIpc) is 2.45. The van der Waals surface area contributed by atoms with Crippen molar-refractivity contribution in [3.8, 4) is 5.75 Å². The molecule has 0 bridgehead atoms. The first-order chi connectivity index (χ1) is 10.4. The highest BCUT2D eigenvalue weighted by molar-refractivity contribution is 5.94. The van der Waals surface area contributed by atoms with Gasteiger partial charge >= 0.3 is 0 Å². The van der Waals surface area contributed by atoms with Crippen LogP contribution in [0.2, 0.25) is 0 Å². The molecule has 1 saturated heterocycles. The number of ketones is 1. The normalized spacial score (nSPS) is 23.0. The maximum Gasteiger partial charge on any atom is 0.263 e. The van der Waals surface area contributed by atoms with E-state index in [1.807, 2.05) is 4.90 Å². The molecule has 1 aromatic rings. The zero-order valence-corrected chi connectivity index (χ0v) is 13.8. The highest BCUT2D eigenvalue weighted by Gasteiger charge is 2.29. The molecule has 4 nitrogen and oxygen atoms in total. The summed E-state index contributed by atoms with van der Waals surface area (Å²) in [6, 6.07) is 6.98. The Hall–Kier alpha value is -1.84. The predicted octanol–water partition coefficient (Wildman–Crippen LogP) is 3.16. The molecule has 0 N–H and O–H groups in total. The van der Waals surface area contributed by atoms with Gasteiger partial charge in [0.15, 0.2) is 11.9 Å². The van der Waals surface area contributed by atoms with Gasteiger partial charge in [-0.25, -0.2) is 0 Å². The third-order valence-corrected chi connectivity index (χ3v) is 4.08. The number of hydrogen-bond acceptors (Lipinski definition) is 3. The zero-order valence-electron chi connectivity index (χ0n) is 13.8. The molecule has 2 rings (SSSR count). The van der Waals surface area contributed by atoms with E-state index >= 15 is 0 Å². The van der Waals surface area contributed by atoms with Gasteiger partial charge in [0.25, 0.3) is 5.91 Å². The van der Waals surface area contributed by atoms with E-state index < -0.39 is 6.10 Å². The minimum Gasteiger partial charge on any atom is -0.481 e. The lowest BCUT2D eigenvalue weighted by atomic mass is 9.91. The highest BCUT2D eigenvalue weighted by Crippen LogP contribution is 2.22. The largest absolute Gasteiger partial charge is 0.481 e. The van der Waals surface area contributed by atoms with Gasteiger partial charge in [0.2, 0.25) is 0 Å². The summed E-state index contributed by atoms with van der Waals surface area (Å²) < 4.78 is 5.75. The second-order valence-electron chi connectivity index (χ2n) is 6.53. The molecule has 1 aromatic carbocycles. The Morgan fingerprint density at radius 3 is 2.45 bits per heavy atom. The maximum atomic E-state index is 12.5. The smallest absolute Gasteiger partial charge is 0.263 e. The van der Waals surface area contributed by atoms with Crippen LogP contribution in [0.4, 0.5) is 0 Å². The molecule has 0 aliphatic carbocycles. The third-order valence-electron chi connectivity index (χ3n) is 4.08. The number of likely N-dealkylation sites (tertiary alicyclic amines) is 1.